The highest BCUT2D eigenvalue weighted by Gasteiger charge is 2.16. The van der Waals surface area contributed by atoms with E-state index in [0.717, 1.165) is 16.7 Å². The Balaban J connectivity index is 1.69. The maximum atomic E-state index is 14.0. The van der Waals surface area contributed by atoms with Crippen molar-refractivity contribution in [3.63, 3.8) is 0 Å². The van der Waals surface area contributed by atoms with E-state index in [-0.39, 0.29) is 0 Å². The number of hydrogen-bond donors (Lipinski definition) is 1. The molecule has 1 atom stereocenters. The minimum absolute atomic E-state index is 0.424. The summed E-state index contributed by atoms with van der Waals surface area (Å²) < 4.78 is 14.0. The van der Waals surface area contributed by atoms with Crippen LogP contribution in [0.4, 0.5) is 16.0 Å². The first-order valence-corrected chi connectivity index (χ1v) is 7.82. The van der Waals surface area contributed by atoms with Crippen LogP contribution in [-0.4, -0.2) is 22.4 Å². The number of aromatic nitrogens is 2. The number of pyridine rings is 2. The molecule has 1 aliphatic rings. The molecule has 122 valence electrons. The molecule has 0 radical (unpaired) electrons. The fourth-order valence-electron chi connectivity index (χ4n) is 2.37. The average molecular weight is 322 g/mol. The predicted molar refractivity (Wildman–Crippen MR) is 95.4 cm³/mol. The Bertz CT molecular complexity index is 806. The Morgan fingerprint density at radius 3 is 2.79 bits per heavy atom. The highest BCUT2D eigenvalue weighted by atomic mass is 19.1. The van der Waals surface area contributed by atoms with Crippen LogP contribution in [0.25, 0.3) is 0 Å². The van der Waals surface area contributed by atoms with Gasteiger partial charge in [-0.05, 0) is 43.7 Å². The first kappa shape index (κ1) is 16.1. The van der Waals surface area contributed by atoms with Gasteiger partial charge in [-0.2, -0.15) is 0 Å². The summed E-state index contributed by atoms with van der Waals surface area (Å²) in [5.41, 5.74) is 3.45. The fraction of sp³-hybridized carbons (Fsp3) is 0.211. The Kier molecular flexibility index (Phi) is 4.79. The Morgan fingerprint density at radius 1 is 1.21 bits per heavy atom. The summed E-state index contributed by atoms with van der Waals surface area (Å²) in [5, 5.41) is 3.03. The molecule has 0 aromatic carbocycles. The third-order valence-corrected chi connectivity index (χ3v) is 3.76. The highest BCUT2D eigenvalue weighted by Crippen LogP contribution is 2.22. The summed E-state index contributed by atoms with van der Waals surface area (Å²) in [4.78, 5) is 12.9. The molecular formula is C19H19FN4. The molecule has 0 amide bonds. The molecule has 1 unspecified atom stereocenters. The van der Waals surface area contributed by atoms with Gasteiger partial charge in [-0.15, -0.1) is 0 Å². The van der Waals surface area contributed by atoms with Crippen LogP contribution in [0, 0.1) is 6.92 Å². The van der Waals surface area contributed by atoms with Crippen molar-refractivity contribution in [3.8, 4) is 0 Å². The maximum Gasteiger partial charge on any atom is 0.154 e. The average Bonchev–Trinajstić information content (AvgIpc) is 2.58. The minimum atomic E-state index is -1.01. The van der Waals surface area contributed by atoms with E-state index in [1.807, 2.05) is 44.2 Å². The molecular weight excluding hydrogens is 303 g/mol. The van der Waals surface area contributed by atoms with E-state index < -0.39 is 6.17 Å². The Labute approximate surface area is 140 Å². The molecule has 2 aromatic heterocycles. The molecule has 24 heavy (non-hydrogen) atoms. The summed E-state index contributed by atoms with van der Waals surface area (Å²) in [5.74, 6) is 1.30. The summed E-state index contributed by atoms with van der Waals surface area (Å²) in [6.07, 6.45) is 8.24. The topological polar surface area (TPSA) is 50.2 Å². The van der Waals surface area contributed by atoms with Crippen molar-refractivity contribution in [2.75, 3.05) is 5.32 Å². The first-order valence-electron chi connectivity index (χ1n) is 7.82. The Morgan fingerprint density at radius 2 is 2.08 bits per heavy atom. The second-order valence-electron chi connectivity index (χ2n) is 5.81. The van der Waals surface area contributed by atoms with Gasteiger partial charge in [0.1, 0.15) is 12.0 Å². The molecule has 3 rings (SSSR count). The van der Waals surface area contributed by atoms with Gasteiger partial charge < -0.3 is 5.32 Å². The lowest BCUT2D eigenvalue weighted by Gasteiger charge is -2.18. The van der Waals surface area contributed by atoms with E-state index in [4.69, 9.17) is 0 Å². The molecule has 0 fully saturated rings. The van der Waals surface area contributed by atoms with Crippen LogP contribution in [0.1, 0.15) is 24.5 Å². The van der Waals surface area contributed by atoms with Crippen molar-refractivity contribution < 1.29 is 4.39 Å². The van der Waals surface area contributed by atoms with Gasteiger partial charge in [-0.25, -0.2) is 19.4 Å². The van der Waals surface area contributed by atoms with Gasteiger partial charge >= 0.3 is 0 Å². The molecule has 0 aliphatic heterocycles. The number of nitrogens with one attached hydrogen (secondary N) is 1. The quantitative estimate of drug-likeness (QED) is 0.842. The van der Waals surface area contributed by atoms with Crippen LogP contribution in [0.3, 0.4) is 0 Å². The van der Waals surface area contributed by atoms with Crippen LogP contribution < -0.4 is 5.32 Å². The molecule has 0 saturated heterocycles. The van der Waals surface area contributed by atoms with E-state index in [0.29, 0.717) is 23.8 Å². The lowest BCUT2D eigenvalue weighted by Crippen LogP contribution is -2.16. The zero-order valence-electron chi connectivity index (χ0n) is 13.7. The van der Waals surface area contributed by atoms with Crippen molar-refractivity contribution in [1.29, 1.82) is 0 Å². The molecule has 1 N–H and O–H groups in total. The summed E-state index contributed by atoms with van der Waals surface area (Å²) in [6, 6.07) is 7.54. The molecule has 0 saturated carbocycles. The summed E-state index contributed by atoms with van der Waals surface area (Å²) in [7, 11) is 0. The number of nitrogens with zero attached hydrogens (tertiary/aromatic N) is 3. The van der Waals surface area contributed by atoms with Gasteiger partial charge in [0.2, 0.25) is 0 Å². The smallest absolute Gasteiger partial charge is 0.154 e. The van der Waals surface area contributed by atoms with Crippen molar-refractivity contribution in [3.05, 3.63) is 71.2 Å². The SMILES string of the molecule is CC1=CC=C(Nc2ccc(C=Nc3ncccc3C)cn2)C(F)C1. The standard InChI is InChI=1S/C19H19FN4/c1-13-5-7-17(16(20)10-13)24-18-8-6-15(11-22-18)12-23-19-14(2)4-3-9-21-19/h3-9,11-12,16H,10H2,1-2H3,(H,22,24). The number of rotatable bonds is 4. The number of aliphatic imine (C=N–C) groups is 1. The van der Waals surface area contributed by atoms with Crippen molar-refractivity contribution in [1.82, 2.24) is 9.97 Å². The Hall–Kier alpha value is -2.82. The molecule has 4 nitrogen and oxygen atoms in total. The van der Waals surface area contributed by atoms with E-state index >= 15 is 0 Å². The number of alkyl halides is 1. The van der Waals surface area contributed by atoms with E-state index in [1.165, 1.54) is 0 Å². The van der Waals surface area contributed by atoms with Crippen LogP contribution in [0.5, 0.6) is 0 Å². The van der Waals surface area contributed by atoms with Crippen molar-refractivity contribution >= 4 is 17.9 Å². The van der Waals surface area contributed by atoms with Crippen molar-refractivity contribution in [2.24, 2.45) is 4.99 Å². The van der Waals surface area contributed by atoms with Gasteiger partial charge in [0.25, 0.3) is 0 Å². The maximum absolute atomic E-state index is 14.0. The second kappa shape index (κ2) is 7.17. The number of halogens is 1. The van der Waals surface area contributed by atoms with Gasteiger partial charge in [0.15, 0.2) is 5.82 Å². The van der Waals surface area contributed by atoms with Crippen LogP contribution in [0.15, 0.2) is 65.1 Å². The molecule has 2 heterocycles. The third-order valence-electron chi connectivity index (χ3n) is 3.76. The predicted octanol–water partition coefficient (Wildman–Crippen LogP) is 4.52. The first-order chi connectivity index (χ1) is 11.6. The highest BCUT2D eigenvalue weighted by molar-refractivity contribution is 5.81. The molecule has 0 spiro atoms. The minimum Gasteiger partial charge on any atom is -0.341 e. The largest absolute Gasteiger partial charge is 0.341 e. The molecule has 1 aliphatic carbocycles. The van der Waals surface area contributed by atoms with Gasteiger partial charge in [0, 0.05) is 30.6 Å². The van der Waals surface area contributed by atoms with E-state index in [9.17, 15) is 4.39 Å². The number of anilines is 1. The lowest BCUT2D eigenvalue weighted by molar-refractivity contribution is 0.377. The molecule has 0 bridgehead atoms. The van der Waals surface area contributed by atoms with Gasteiger partial charge in [0.05, 0.1) is 5.70 Å². The number of allylic oxidation sites excluding steroid dienone is 4. The lowest BCUT2D eigenvalue weighted by atomic mass is 10.0. The second-order valence-corrected chi connectivity index (χ2v) is 5.81. The van der Waals surface area contributed by atoms with Crippen LogP contribution in [0.2, 0.25) is 0 Å². The zero-order chi connectivity index (χ0) is 16.9. The summed E-state index contributed by atoms with van der Waals surface area (Å²) >= 11 is 0. The van der Waals surface area contributed by atoms with Gasteiger partial charge in [-0.1, -0.05) is 17.7 Å². The fourth-order valence-corrected chi connectivity index (χ4v) is 2.37. The monoisotopic (exact) mass is 322 g/mol. The van der Waals surface area contributed by atoms with E-state index in [2.05, 4.69) is 20.3 Å². The van der Waals surface area contributed by atoms with Crippen LogP contribution >= 0.6 is 0 Å². The normalized spacial score (nSPS) is 17.5. The third kappa shape index (κ3) is 3.93. The zero-order valence-corrected chi connectivity index (χ0v) is 13.7. The van der Waals surface area contributed by atoms with Crippen molar-refractivity contribution in [2.45, 2.75) is 26.4 Å². The number of aryl methyl sites for hydroxylation is 1. The van der Waals surface area contributed by atoms with E-state index in [1.54, 1.807) is 24.7 Å². The molecule has 5 heteroatoms. The summed E-state index contributed by atoms with van der Waals surface area (Å²) in [6.45, 7) is 3.89. The van der Waals surface area contributed by atoms with Gasteiger partial charge in [-0.3, -0.25) is 0 Å². The van der Waals surface area contributed by atoms with Crippen LogP contribution in [-0.2, 0) is 0 Å². The number of hydrogen-bond acceptors (Lipinski definition) is 4. The molecule has 2 aromatic rings.